The summed E-state index contributed by atoms with van der Waals surface area (Å²) in [6, 6.07) is 0. The van der Waals surface area contributed by atoms with E-state index in [1.165, 1.54) is 0 Å². The predicted molar refractivity (Wildman–Crippen MR) is 70.2 cm³/mol. The average molecular weight is 235 g/mol. The Bertz CT molecular complexity index is 405. The molecule has 0 aliphatic carbocycles. The SMILES string of the molecule is CC=C(C)N=C(OCCCC)c1nc[nH]c1C. The zero-order valence-electron chi connectivity index (χ0n) is 11.1. The lowest BCUT2D eigenvalue weighted by Gasteiger charge is -2.07. The van der Waals surface area contributed by atoms with E-state index < -0.39 is 0 Å². The third-order valence-corrected chi connectivity index (χ3v) is 2.46. The Labute approximate surface area is 103 Å². The number of ether oxygens (including phenoxy) is 1. The quantitative estimate of drug-likeness (QED) is 0.484. The zero-order chi connectivity index (χ0) is 12.7. The molecule has 0 aliphatic rings. The van der Waals surface area contributed by atoms with Crippen LogP contribution in [0.2, 0.25) is 0 Å². The molecule has 1 heterocycles. The van der Waals surface area contributed by atoms with Crippen molar-refractivity contribution in [3.05, 3.63) is 29.5 Å². The van der Waals surface area contributed by atoms with Crippen LogP contribution in [-0.2, 0) is 4.74 Å². The Hall–Kier alpha value is -1.58. The summed E-state index contributed by atoms with van der Waals surface area (Å²) in [5.41, 5.74) is 2.70. The smallest absolute Gasteiger partial charge is 0.242 e. The number of aryl methyl sites for hydroxylation is 1. The highest BCUT2D eigenvalue weighted by Crippen LogP contribution is 2.08. The molecule has 0 bridgehead atoms. The number of aromatic nitrogens is 2. The monoisotopic (exact) mass is 235 g/mol. The molecule has 0 radical (unpaired) electrons. The van der Waals surface area contributed by atoms with Crippen LogP contribution >= 0.6 is 0 Å². The molecule has 1 aromatic heterocycles. The molecule has 1 N–H and O–H groups in total. The zero-order valence-corrected chi connectivity index (χ0v) is 11.1. The van der Waals surface area contributed by atoms with Crippen molar-refractivity contribution >= 4 is 5.90 Å². The number of imidazole rings is 1. The number of nitrogens with zero attached hydrogens (tertiary/aromatic N) is 2. The van der Waals surface area contributed by atoms with E-state index in [-0.39, 0.29) is 0 Å². The number of aromatic amines is 1. The Morgan fingerprint density at radius 3 is 2.88 bits per heavy atom. The van der Waals surface area contributed by atoms with Crippen molar-refractivity contribution in [1.29, 1.82) is 0 Å². The molecule has 4 heteroatoms. The maximum Gasteiger partial charge on any atom is 0.242 e. The lowest BCUT2D eigenvalue weighted by atomic mass is 10.3. The third kappa shape index (κ3) is 4.06. The Morgan fingerprint density at radius 2 is 2.35 bits per heavy atom. The van der Waals surface area contributed by atoms with Crippen molar-refractivity contribution in [1.82, 2.24) is 9.97 Å². The number of H-pyrrole nitrogens is 1. The molecule has 0 saturated carbocycles. The summed E-state index contributed by atoms with van der Waals surface area (Å²) in [5.74, 6) is 0.604. The van der Waals surface area contributed by atoms with Crippen molar-refractivity contribution in [3.63, 3.8) is 0 Å². The highest BCUT2D eigenvalue weighted by Gasteiger charge is 2.11. The number of unbranched alkanes of at least 4 members (excludes halogenated alkanes) is 1. The highest BCUT2D eigenvalue weighted by molar-refractivity contribution is 5.93. The minimum Gasteiger partial charge on any atom is -0.476 e. The van der Waals surface area contributed by atoms with Crippen molar-refractivity contribution in [3.8, 4) is 0 Å². The van der Waals surface area contributed by atoms with Gasteiger partial charge in [0.15, 0.2) is 0 Å². The van der Waals surface area contributed by atoms with Gasteiger partial charge < -0.3 is 9.72 Å². The topological polar surface area (TPSA) is 50.3 Å². The second kappa shape index (κ2) is 6.89. The van der Waals surface area contributed by atoms with E-state index in [1.807, 2.05) is 26.8 Å². The van der Waals surface area contributed by atoms with Gasteiger partial charge in [-0.15, -0.1) is 0 Å². The molecule has 1 aromatic rings. The van der Waals surface area contributed by atoms with E-state index in [2.05, 4.69) is 21.9 Å². The second-order valence-corrected chi connectivity index (χ2v) is 3.93. The van der Waals surface area contributed by atoms with Gasteiger partial charge in [0.2, 0.25) is 5.90 Å². The first-order valence-corrected chi connectivity index (χ1v) is 6.03. The summed E-state index contributed by atoms with van der Waals surface area (Å²) in [5, 5.41) is 0. The average Bonchev–Trinajstić information content (AvgIpc) is 2.74. The van der Waals surface area contributed by atoms with Crippen LogP contribution in [0, 0.1) is 6.92 Å². The summed E-state index contributed by atoms with van der Waals surface area (Å²) in [7, 11) is 0. The molecule has 4 nitrogen and oxygen atoms in total. The van der Waals surface area contributed by atoms with Crippen LogP contribution in [0.5, 0.6) is 0 Å². The summed E-state index contributed by atoms with van der Waals surface area (Å²) >= 11 is 0. The molecule has 0 unspecified atom stereocenters. The lowest BCUT2D eigenvalue weighted by Crippen LogP contribution is -2.10. The Balaban J connectivity index is 2.87. The molecule has 0 saturated heterocycles. The highest BCUT2D eigenvalue weighted by atomic mass is 16.5. The van der Waals surface area contributed by atoms with Gasteiger partial charge in [0.1, 0.15) is 5.69 Å². The standard InChI is InChI=1S/C13H21N3O/c1-5-7-8-17-13(16-10(3)6-2)12-11(4)14-9-15-12/h6,9H,5,7-8H2,1-4H3,(H,14,15). The molecule has 0 spiro atoms. The fourth-order valence-electron chi connectivity index (χ4n) is 1.27. The first-order chi connectivity index (χ1) is 8.19. The van der Waals surface area contributed by atoms with Gasteiger partial charge in [0.25, 0.3) is 0 Å². The fraction of sp³-hybridized carbons (Fsp3) is 0.538. The van der Waals surface area contributed by atoms with Crippen LogP contribution in [-0.4, -0.2) is 22.5 Å². The van der Waals surface area contributed by atoms with Crippen molar-refractivity contribution < 1.29 is 4.74 Å². The maximum atomic E-state index is 5.71. The largest absolute Gasteiger partial charge is 0.476 e. The van der Waals surface area contributed by atoms with Gasteiger partial charge in [-0.25, -0.2) is 9.98 Å². The number of hydrogen-bond acceptors (Lipinski definition) is 3. The number of nitrogens with one attached hydrogen (secondary N) is 1. The second-order valence-electron chi connectivity index (χ2n) is 3.93. The molecular weight excluding hydrogens is 214 g/mol. The van der Waals surface area contributed by atoms with Crippen molar-refractivity contribution in [2.75, 3.05) is 6.61 Å². The van der Waals surface area contributed by atoms with Crippen LogP contribution in [0.4, 0.5) is 0 Å². The van der Waals surface area contributed by atoms with E-state index in [9.17, 15) is 0 Å². The van der Waals surface area contributed by atoms with E-state index in [0.717, 1.165) is 29.9 Å². The molecule has 0 fully saturated rings. The third-order valence-electron chi connectivity index (χ3n) is 2.46. The first kappa shape index (κ1) is 13.5. The van der Waals surface area contributed by atoms with Gasteiger partial charge in [-0.1, -0.05) is 19.4 Å². The molecule has 0 aromatic carbocycles. The molecule has 0 atom stereocenters. The van der Waals surface area contributed by atoms with Crippen molar-refractivity contribution in [2.24, 2.45) is 4.99 Å². The predicted octanol–water partition coefficient (Wildman–Crippen LogP) is 3.21. The molecule has 17 heavy (non-hydrogen) atoms. The lowest BCUT2D eigenvalue weighted by molar-refractivity contribution is 0.296. The van der Waals surface area contributed by atoms with Gasteiger partial charge in [-0.3, -0.25) is 0 Å². The van der Waals surface area contributed by atoms with Gasteiger partial charge in [-0.2, -0.15) is 0 Å². The van der Waals surface area contributed by atoms with E-state index >= 15 is 0 Å². The summed E-state index contributed by atoms with van der Waals surface area (Å²) < 4.78 is 5.71. The number of allylic oxidation sites excluding steroid dienone is 2. The van der Waals surface area contributed by atoms with E-state index in [1.54, 1.807) is 6.33 Å². The molecule has 1 rings (SSSR count). The van der Waals surface area contributed by atoms with Crippen LogP contribution in [0.15, 0.2) is 23.1 Å². The Kier molecular flexibility index (Phi) is 5.46. The van der Waals surface area contributed by atoms with Gasteiger partial charge in [0, 0.05) is 11.4 Å². The summed E-state index contributed by atoms with van der Waals surface area (Å²) in [6.45, 7) is 8.69. The van der Waals surface area contributed by atoms with Gasteiger partial charge >= 0.3 is 0 Å². The number of hydrogen-bond donors (Lipinski definition) is 1. The van der Waals surface area contributed by atoms with Crippen LogP contribution in [0.25, 0.3) is 0 Å². The summed E-state index contributed by atoms with van der Waals surface area (Å²) in [6.07, 6.45) is 5.74. The molecule has 94 valence electrons. The summed E-state index contributed by atoms with van der Waals surface area (Å²) in [4.78, 5) is 11.7. The minimum atomic E-state index is 0.604. The first-order valence-electron chi connectivity index (χ1n) is 6.03. The van der Waals surface area contributed by atoms with Crippen LogP contribution in [0.1, 0.15) is 45.0 Å². The van der Waals surface area contributed by atoms with Crippen molar-refractivity contribution in [2.45, 2.75) is 40.5 Å². The fourth-order valence-corrected chi connectivity index (χ4v) is 1.27. The van der Waals surface area contributed by atoms with Gasteiger partial charge in [-0.05, 0) is 27.2 Å². The van der Waals surface area contributed by atoms with Gasteiger partial charge in [0.05, 0.1) is 12.9 Å². The van der Waals surface area contributed by atoms with Crippen LogP contribution in [0.3, 0.4) is 0 Å². The maximum absolute atomic E-state index is 5.71. The number of aliphatic imine (C=N–C) groups is 1. The van der Waals surface area contributed by atoms with E-state index in [4.69, 9.17) is 4.74 Å². The molecule has 0 amide bonds. The Morgan fingerprint density at radius 1 is 1.59 bits per heavy atom. The molecular formula is C13H21N3O. The normalized spacial score (nSPS) is 12.9. The molecule has 0 aliphatic heterocycles. The van der Waals surface area contributed by atoms with E-state index in [0.29, 0.717) is 12.5 Å². The minimum absolute atomic E-state index is 0.604. The number of rotatable bonds is 5. The van der Waals surface area contributed by atoms with Crippen LogP contribution < -0.4 is 0 Å².